The van der Waals surface area contributed by atoms with E-state index in [2.05, 4.69) is 4.98 Å². The summed E-state index contributed by atoms with van der Waals surface area (Å²) in [5.74, 6) is 0. The number of para-hydroxylation sites is 1. The number of aromatic nitrogens is 1. The summed E-state index contributed by atoms with van der Waals surface area (Å²) in [6, 6.07) is 20.5. The number of anilines is 1. The van der Waals surface area contributed by atoms with E-state index in [0.29, 0.717) is 29.4 Å². The largest absolute Gasteiger partial charge is 0.266 e. The molecule has 3 aromatic rings. The van der Waals surface area contributed by atoms with Gasteiger partial charge in [0.25, 0.3) is 10.0 Å². The Hall–Kier alpha value is -2.37. The number of pyridine rings is 1. The number of sulfonamides is 1. The molecule has 134 valence electrons. The molecule has 1 aromatic heterocycles. The molecule has 0 bridgehead atoms. The van der Waals surface area contributed by atoms with Crippen molar-refractivity contribution < 1.29 is 8.42 Å². The summed E-state index contributed by atoms with van der Waals surface area (Å²) in [4.78, 5) is 4.13. The van der Waals surface area contributed by atoms with Crippen LogP contribution in [0.25, 0.3) is 0 Å². The van der Waals surface area contributed by atoms with Crippen molar-refractivity contribution in [2.45, 2.75) is 18.2 Å². The van der Waals surface area contributed by atoms with Gasteiger partial charge in [-0.2, -0.15) is 0 Å². The molecule has 1 heterocycles. The Morgan fingerprint density at radius 1 is 1.00 bits per heavy atom. The molecule has 0 radical (unpaired) electrons. The molecule has 0 atom stereocenters. The van der Waals surface area contributed by atoms with Gasteiger partial charge in [0, 0.05) is 12.7 Å². The van der Waals surface area contributed by atoms with Crippen LogP contribution < -0.4 is 4.31 Å². The Bertz CT molecular complexity index is 977. The smallest absolute Gasteiger partial charge is 0.265 e. The molecule has 26 heavy (non-hydrogen) atoms. The molecule has 0 saturated carbocycles. The summed E-state index contributed by atoms with van der Waals surface area (Å²) >= 11 is 5.95. The van der Waals surface area contributed by atoms with E-state index in [4.69, 9.17) is 11.6 Å². The molecule has 3 rings (SSSR count). The average Bonchev–Trinajstić information content (AvgIpc) is 2.65. The van der Waals surface area contributed by atoms with Crippen LogP contribution in [0.3, 0.4) is 0 Å². The molecule has 0 N–H and O–H groups in total. The lowest BCUT2D eigenvalue weighted by Gasteiger charge is -2.24. The fraction of sp³-hybridized carbons (Fsp3) is 0.150. The molecular formula is C20H19ClN2O2S. The van der Waals surface area contributed by atoms with Gasteiger partial charge in [-0.25, -0.2) is 13.4 Å². The first kappa shape index (κ1) is 18.4. The molecule has 4 nitrogen and oxygen atoms in total. The first-order valence-electron chi connectivity index (χ1n) is 8.22. The maximum Gasteiger partial charge on any atom is 0.265 e. The second-order valence-corrected chi connectivity index (χ2v) is 8.15. The molecule has 0 spiro atoms. The van der Waals surface area contributed by atoms with E-state index in [-0.39, 0.29) is 4.90 Å². The van der Waals surface area contributed by atoms with Crippen LogP contribution in [-0.2, 0) is 16.4 Å². The second-order valence-electron chi connectivity index (χ2n) is 5.93. The van der Waals surface area contributed by atoms with E-state index in [9.17, 15) is 8.42 Å². The minimum atomic E-state index is -3.75. The summed E-state index contributed by atoms with van der Waals surface area (Å²) in [6.07, 6.45) is 1.91. The van der Waals surface area contributed by atoms with Crippen LogP contribution in [0.1, 0.15) is 11.1 Å². The SMILES string of the molecule is Cc1cc(S(=O)(=O)N(CCc2ccccc2)c2ccccc2)cnc1Cl. The van der Waals surface area contributed by atoms with Gasteiger partial charge in [0.15, 0.2) is 0 Å². The van der Waals surface area contributed by atoms with Crippen LogP contribution in [0.15, 0.2) is 77.8 Å². The number of hydrogen-bond donors (Lipinski definition) is 0. The lowest BCUT2D eigenvalue weighted by Crippen LogP contribution is -2.33. The van der Waals surface area contributed by atoms with Crippen LogP contribution in [0.5, 0.6) is 0 Å². The van der Waals surface area contributed by atoms with Crippen LogP contribution in [0.2, 0.25) is 5.15 Å². The zero-order chi connectivity index (χ0) is 18.6. The van der Waals surface area contributed by atoms with Crippen molar-refractivity contribution in [2.24, 2.45) is 0 Å². The summed E-state index contributed by atoms with van der Waals surface area (Å²) in [5, 5.41) is 0.305. The van der Waals surface area contributed by atoms with Crippen LogP contribution >= 0.6 is 11.6 Å². The van der Waals surface area contributed by atoms with Crippen molar-refractivity contribution >= 4 is 27.3 Å². The monoisotopic (exact) mass is 386 g/mol. The molecule has 0 saturated heterocycles. The Balaban J connectivity index is 1.97. The third-order valence-electron chi connectivity index (χ3n) is 4.07. The minimum absolute atomic E-state index is 0.135. The maximum atomic E-state index is 13.3. The van der Waals surface area contributed by atoms with Gasteiger partial charge in [-0.05, 0) is 42.7 Å². The van der Waals surface area contributed by atoms with Crippen molar-refractivity contribution in [3.63, 3.8) is 0 Å². The van der Waals surface area contributed by atoms with Crippen LogP contribution in [0.4, 0.5) is 5.69 Å². The lowest BCUT2D eigenvalue weighted by molar-refractivity contribution is 0.590. The summed E-state index contributed by atoms with van der Waals surface area (Å²) in [5.41, 5.74) is 2.33. The molecule has 0 aliphatic carbocycles. The Morgan fingerprint density at radius 3 is 2.23 bits per heavy atom. The molecule has 0 fully saturated rings. The minimum Gasteiger partial charge on any atom is -0.266 e. The van der Waals surface area contributed by atoms with Crippen molar-refractivity contribution in [2.75, 3.05) is 10.8 Å². The van der Waals surface area contributed by atoms with Gasteiger partial charge in [0.1, 0.15) is 10.0 Å². The topological polar surface area (TPSA) is 50.3 Å². The number of aryl methyl sites for hydroxylation is 1. The number of nitrogens with zero attached hydrogens (tertiary/aromatic N) is 2. The zero-order valence-electron chi connectivity index (χ0n) is 14.3. The maximum absolute atomic E-state index is 13.3. The third kappa shape index (κ3) is 4.06. The molecule has 0 aliphatic heterocycles. The Morgan fingerprint density at radius 2 is 1.62 bits per heavy atom. The van der Waals surface area contributed by atoms with Crippen molar-refractivity contribution in [1.29, 1.82) is 0 Å². The van der Waals surface area contributed by atoms with Crippen LogP contribution in [0, 0.1) is 6.92 Å². The highest BCUT2D eigenvalue weighted by molar-refractivity contribution is 7.92. The van der Waals surface area contributed by atoms with Gasteiger partial charge in [-0.1, -0.05) is 60.1 Å². The normalized spacial score (nSPS) is 11.3. The van der Waals surface area contributed by atoms with E-state index >= 15 is 0 Å². The standard InChI is InChI=1S/C20H19ClN2O2S/c1-16-14-19(15-22-20(16)21)26(24,25)23(18-10-6-3-7-11-18)13-12-17-8-4-2-5-9-17/h2-11,14-15H,12-13H2,1H3. The van der Waals surface area contributed by atoms with Crippen molar-refractivity contribution in [1.82, 2.24) is 4.98 Å². The summed E-state index contributed by atoms with van der Waals surface area (Å²) in [7, 11) is -3.75. The van der Waals surface area contributed by atoms with Gasteiger partial charge >= 0.3 is 0 Å². The number of benzene rings is 2. The predicted octanol–water partition coefficient (Wildman–Crippen LogP) is 4.48. The van der Waals surface area contributed by atoms with Gasteiger partial charge in [0.05, 0.1) is 5.69 Å². The molecular weight excluding hydrogens is 368 g/mol. The first-order valence-corrected chi connectivity index (χ1v) is 10.0. The molecule has 2 aromatic carbocycles. The zero-order valence-corrected chi connectivity index (χ0v) is 15.9. The average molecular weight is 387 g/mol. The van der Waals surface area contributed by atoms with E-state index in [1.807, 2.05) is 48.5 Å². The molecule has 0 amide bonds. The lowest BCUT2D eigenvalue weighted by atomic mass is 10.1. The predicted molar refractivity (Wildman–Crippen MR) is 105 cm³/mol. The van der Waals surface area contributed by atoms with E-state index in [1.54, 1.807) is 25.1 Å². The van der Waals surface area contributed by atoms with Crippen molar-refractivity contribution in [3.05, 3.63) is 89.2 Å². The molecule has 0 unspecified atom stereocenters. The number of hydrogen-bond acceptors (Lipinski definition) is 3. The second kappa shape index (κ2) is 7.89. The summed E-state index contributed by atoms with van der Waals surface area (Å²) in [6.45, 7) is 2.07. The molecule has 0 aliphatic rings. The van der Waals surface area contributed by atoms with Gasteiger partial charge in [-0.3, -0.25) is 4.31 Å². The highest BCUT2D eigenvalue weighted by Crippen LogP contribution is 2.25. The molecule has 6 heteroatoms. The van der Waals surface area contributed by atoms with Crippen molar-refractivity contribution in [3.8, 4) is 0 Å². The Kier molecular flexibility index (Phi) is 5.59. The fourth-order valence-corrected chi connectivity index (χ4v) is 4.26. The Labute approximate surface area is 159 Å². The van der Waals surface area contributed by atoms with Gasteiger partial charge < -0.3 is 0 Å². The van der Waals surface area contributed by atoms with Gasteiger partial charge in [-0.15, -0.1) is 0 Å². The van der Waals surface area contributed by atoms with E-state index in [0.717, 1.165) is 5.56 Å². The fourth-order valence-electron chi connectivity index (χ4n) is 2.66. The van der Waals surface area contributed by atoms with Gasteiger partial charge in [0.2, 0.25) is 0 Å². The number of halogens is 1. The van der Waals surface area contributed by atoms with Crippen LogP contribution in [-0.4, -0.2) is 19.9 Å². The third-order valence-corrected chi connectivity index (χ3v) is 6.26. The quantitative estimate of drug-likeness (QED) is 0.587. The van der Waals surface area contributed by atoms with E-state index in [1.165, 1.54) is 10.5 Å². The highest BCUT2D eigenvalue weighted by atomic mass is 35.5. The number of rotatable bonds is 6. The first-order chi connectivity index (χ1) is 12.5. The van der Waals surface area contributed by atoms with E-state index < -0.39 is 10.0 Å². The highest BCUT2D eigenvalue weighted by Gasteiger charge is 2.25. The summed E-state index contributed by atoms with van der Waals surface area (Å²) < 4.78 is 27.9.